The summed E-state index contributed by atoms with van der Waals surface area (Å²) in [5.74, 6) is -0.337. The van der Waals surface area contributed by atoms with Gasteiger partial charge < -0.3 is 16.0 Å². The Morgan fingerprint density at radius 2 is 0.875 bits per heavy atom. The van der Waals surface area contributed by atoms with E-state index in [0.29, 0.717) is 42.2 Å². The van der Waals surface area contributed by atoms with Crippen LogP contribution in [0.2, 0.25) is 0 Å². The first-order chi connectivity index (χ1) is 19.4. The van der Waals surface area contributed by atoms with Crippen molar-refractivity contribution >= 4 is 17.7 Å². The molecular weight excluding hydrogens is 498 g/mol. The minimum atomic E-state index is -0.240. The average Bonchev–Trinajstić information content (AvgIpc) is 2.96. The SMILES string of the molecule is CCCCCCCCNC(=O)c1cc(C(=O)NCCCCCCCC)cc(C(=O)NC[C@@H](C)CCCCCC)c1. The first-order valence-corrected chi connectivity index (χ1v) is 16.4. The lowest BCUT2D eigenvalue weighted by Gasteiger charge is -2.14. The van der Waals surface area contributed by atoms with Crippen molar-refractivity contribution in [1.82, 2.24) is 16.0 Å². The lowest BCUT2D eigenvalue weighted by Crippen LogP contribution is -2.30. The molecule has 0 spiro atoms. The molecule has 6 nitrogen and oxygen atoms in total. The molecule has 0 aliphatic heterocycles. The number of amides is 3. The fourth-order valence-corrected chi connectivity index (χ4v) is 4.83. The van der Waals surface area contributed by atoms with Gasteiger partial charge in [-0.1, -0.05) is 118 Å². The van der Waals surface area contributed by atoms with Gasteiger partial charge >= 0.3 is 0 Å². The molecular formula is C34H59N3O3. The van der Waals surface area contributed by atoms with E-state index < -0.39 is 0 Å². The smallest absolute Gasteiger partial charge is 0.251 e. The van der Waals surface area contributed by atoms with Gasteiger partial charge in [0, 0.05) is 36.3 Å². The van der Waals surface area contributed by atoms with Crippen LogP contribution in [-0.4, -0.2) is 37.4 Å². The molecule has 0 saturated carbocycles. The normalized spacial score (nSPS) is 11.7. The number of rotatable bonds is 24. The Kier molecular flexibility index (Phi) is 20.8. The molecule has 40 heavy (non-hydrogen) atoms. The first kappa shape index (κ1) is 35.7. The molecule has 0 saturated heterocycles. The van der Waals surface area contributed by atoms with Crippen LogP contribution in [0.15, 0.2) is 18.2 Å². The molecule has 0 unspecified atom stereocenters. The molecule has 0 fully saturated rings. The Morgan fingerprint density at radius 3 is 1.30 bits per heavy atom. The summed E-state index contributed by atoms with van der Waals surface area (Å²) in [4.78, 5) is 39.0. The summed E-state index contributed by atoms with van der Waals surface area (Å²) in [6, 6.07) is 4.84. The van der Waals surface area contributed by atoms with Crippen LogP contribution in [0.25, 0.3) is 0 Å². The predicted molar refractivity (Wildman–Crippen MR) is 168 cm³/mol. The number of carbonyl (C=O) groups excluding carboxylic acids is 3. The van der Waals surface area contributed by atoms with E-state index in [1.807, 2.05) is 0 Å². The fourth-order valence-electron chi connectivity index (χ4n) is 4.83. The molecule has 0 radical (unpaired) electrons. The zero-order valence-electron chi connectivity index (χ0n) is 26.2. The molecule has 6 heteroatoms. The summed E-state index contributed by atoms with van der Waals surface area (Å²) in [7, 11) is 0. The Balaban J connectivity index is 2.78. The van der Waals surface area contributed by atoms with Crippen LogP contribution < -0.4 is 16.0 Å². The van der Waals surface area contributed by atoms with Crippen molar-refractivity contribution in [1.29, 1.82) is 0 Å². The molecule has 0 bridgehead atoms. The molecule has 1 rings (SSSR count). The van der Waals surface area contributed by atoms with Gasteiger partial charge in [-0.25, -0.2) is 0 Å². The lowest BCUT2D eigenvalue weighted by molar-refractivity contribution is 0.0947. The van der Waals surface area contributed by atoms with Gasteiger partial charge in [0.15, 0.2) is 0 Å². The predicted octanol–water partition coefficient (Wildman–Crippen LogP) is 8.20. The third-order valence-electron chi connectivity index (χ3n) is 7.51. The number of hydrogen-bond acceptors (Lipinski definition) is 3. The summed E-state index contributed by atoms with van der Waals surface area (Å²) in [6.07, 6.45) is 19.7. The quantitative estimate of drug-likeness (QED) is 0.112. The molecule has 3 amide bonds. The summed E-state index contributed by atoms with van der Waals surface area (Å²) >= 11 is 0. The van der Waals surface area contributed by atoms with E-state index >= 15 is 0 Å². The third kappa shape index (κ3) is 16.7. The maximum Gasteiger partial charge on any atom is 0.251 e. The minimum absolute atomic E-state index is 0.238. The average molecular weight is 558 g/mol. The zero-order chi connectivity index (χ0) is 29.4. The van der Waals surface area contributed by atoms with Gasteiger partial charge in [0.25, 0.3) is 17.7 Å². The topological polar surface area (TPSA) is 87.3 Å². The van der Waals surface area contributed by atoms with Gasteiger partial charge in [0.2, 0.25) is 0 Å². The molecule has 3 N–H and O–H groups in total. The molecule has 1 atom stereocenters. The minimum Gasteiger partial charge on any atom is -0.352 e. The van der Waals surface area contributed by atoms with E-state index in [1.54, 1.807) is 18.2 Å². The van der Waals surface area contributed by atoms with Gasteiger partial charge in [-0.15, -0.1) is 0 Å². The molecule has 1 aromatic carbocycles. The molecule has 0 heterocycles. The fraction of sp³-hybridized carbons (Fsp3) is 0.735. The maximum atomic E-state index is 13.1. The number of unbranched alkanes of at least 4 members (excludes halogenated alkanes) is 13. The molecule has 0 aliphatic rings. The monoisotopic (exact) mass is 557 g/mol. The maximum absolute atomic E-state index is 13.1. The number of hydrogen-bond donors (Lipinski definition) is 3. The molecule has 0 aliphatic carbocycles. The van der Waals surface area contributed by atoms with E-state index in [9.17, 15) is 14.4 Å². The van der Waals surface area contributed by atoms with E-state index in [-0.39, 0.29) is 17.7 Å². The summed E-state index contributed by atoms with van der Waals surface area (Å²) in [5, 5.41) is 8.98. The number of nitrogens with one attached hydrogen (secondary N) is 3. The highest BCUT2D eigenvalue weighted by atomic mass is 16.2. The van der Waals surface area contributed by atoms with Gasteiger partial charge in [-0.2, -0.15) is 0 Å². The van der Waals surface area contributed by atoms with E-state index in [2.05, 4.69) is 43.6 Å². The van der Waals surface area contributed by atoms with Gasteiger partial charge in [-0.05, 0) is 43.4 Å². The molecule has 0 aromatic heterocycles. The highest BCUT2D eigenvalue weighted by molar-refractivity contribution is 6.04. The number of benzene rings is 1. The van der Waals surface area contributed by atoms with E-state index in [0.717, 1.165) is 32.1 Å². The van der Waals surface area contributed by atoms with Crippen LogP contribution in [0.5, 0.6) is 0 Å². The highest BCUT2D eigenvalue weighted by Crippen LogP contribution is 2.14. The van der Waals surface area contributed by atoms with Gasteiger partial charge in [0.05, 0.1) is 0 Å². The van der Waals surface area contributed by atoms with Crippen LogP contribution in [-0.2, 0) is 0 Å². The van der Waals surface area contributed by atoms with Crippen molar-refractivity contribution in [3.05, 3.63) is 34.9 Å². The van der Waals surface area contributed by atoms with Crippen molar-refractivity contribution in [3.63, 3.8) is 0 Å². The molecule has 1 aromatic rings. The highest BCUT2D eigenvalue weighted by Gasteiger charge is 2.17. The Hall–Kier alpha value is -2.37. The summed E-state index contributed by atoms with van der Waals surface area (Å²) in [6.45, 7) is 10.5. The van der Waals surface area contributed by atoms with Gasteiger partial charge in [-0.3, -0.25) is 14.4 Å². The molecule has 228 valence electrons. The van der Waals surface area contributed by atoms with Crippen LogP contribution in [0.1, 0.15) is 168 Å². The second-order valence-electron chi connectivity index (χ2n) is 11.5. The van der Waals surface area contributed by atoms with Gasteiger partial charge in [0.1, 0.15) is 0 Å². The van der Waals surface area contributed by atoms with E-state index in [1.165, 1.54) is 77.0 Å². The van der Waals surface area contributed by atoms with Crippen molar-refractivity contribution in [2.45, 2.75) is 137 Å². The number of carbonyl (C=O) groups is 3. The van der Waals surface area contributed by atoms with Crippen LogP contribution in [0.3, 0.4) is 0 Å². The first-order valence-electron chi connectivity index (χ1n) is 16.4. The standard InChI is InChI=1S/C34H59N3O3/c1-5-8-11-14-16-19-22-35-32(38)29-24-30(33(39)36-23-20-17-15-12-9-6-2)26-31(25-29)34(40)37-27-28(4)21-18-13-10-7-3/h24-26,28H,5-23,27H2,1-4H3,(H,35,38)(H,36,39)(H,37,40)/t28-/m0/s1. The summed E-state index contributed by atoms with van der Waals surface area (Å²) in [5.41, 5.74) is 1.07. The third-order valence-corrected chi connectivity index (χ3v) is 7.51. The van der Waals surface area contributed by atoms with Crippen molar-refractivity contribution < 1.29 is 14.4 Å². The summed E-state index contributed by atoms with van der Waals surface area (Å²) < 4.78 is 0. The second kappa shape index (κ2) is 23.3. The van der Waals surface area contributed by atoms with Crippen molar-refractivity contribution in [3.8, 4) is 0 Å². The van der Waals surface area contributed by atoms with Crippen LogP contribution in [0.4, 0.5) is 0 Å². The van der Waals surface area contributed by atoms with Crippen LogP contribution in [0, 0.1) is 5.92 Å². The van der Waals surface area contributed by atoms with E-state index in [4.69, 9.17) is 0 Å². The van der Waals surface area contributed by atoms with Crippen molar-refractivity contribution in [2.24, 2.45) is 5.92 Å². The largest absolute Gasteiger partial charge is 0.352 e. The van der Waals surface area contributed by atoms with Crippen molar-refractivity contribution in [2.75, 3.05) is 19.6 Å². The Morgan fingerprint density at radius 1 is 0.525 bits per heavy atom. The second-order valence-corrected chi connectivity index (χ2v) is 11.5. The Bertz CT molecular complexity index is 791. The van der Waals surface area contributed by atoms with Crippen LogP contribution >= 0.6 is 0 Å². The lowest BCUT2D eigenvalue weighted by atomic mass is 10.0. The Labute approximate surface area is 245 Å². The zero-order valence-corrected chi connectivity index (χ0v) is 26.2.